The van der Waals surface area contributed by atoms with Gasteiger partial charge in [0.15, 0.2) is 11.5 Å². The number of carbonyl (C=O) groups excluding carboxylic acids is 1. The fourth-order valence-corrected chi connectivity index (χ4v) is 1.95. The molecule has 0 amide bonds. The average Bonchev–Trinajstić information content (AvgIpc) is 2.49. The number of hydrogen-bond acceptors (Lipinski definition) is 5. The number of unbranched alkanes of at least 4 members (excludes halogenated alkanes) is 2. The van der Waals surface area contributed by atoms with Crippen molar-refractivity contribution in [3.8, 4) is 17.2 Å². The summed E-state index contributed by atoms with van der Waals surface area (Å²) in [6.07, 6.45) is 3.50. The maximum Gasteiger partial charge on any atom is 0.203 e. The summed E-state index contributed by atoms with van der Waals surface area (Å²) in [6.45, 7) is 1.60. The van der Waals surface area contributed by atoms with Crippen LogP contribution in [0.4, 0.5) is 0 Å². The Morgan fingerprint density at radius 2 is 1.70 bits per heavy atom. The van der Waals surface area contributed by atoms with Gasteiger partial charge in [0, 0.05) is 13.0 Å². The van der Waals surface area contributed by atoms with Crippen LogP contribution >= 0.6 is 0 Å². The van der Waals surface area contributed by atoms with E-state index >= 15 is 0 Å². The summed E-state index contributed by atoms with van der Waals surface area (Å²) in [7, 11) is 4.80. The van der Waals surface area contributed by atoms with Crippen LogP contribution < -0.4 is 19.5 Å². The number of ether oxygens (including phenoxy) is 3. The van der Waals surface area contributed by atoms with E-state index < -0.39 is 0 Å². The Morgan fingerprint density at radius 1 is 1.05 bits per heavy atom. The van der Waals surface area contributed by atoms with Gasteiger partial charge in [-0.05, 0) is 37.1 Å². The van der Waals surface area contributed by atoms with Gasteiger partial charge in [-0.15, -0.1) is 0 Å². The molecule has 0 saturated heterocycles. The third-order valence-electron chi connectivity index (χ3n) is 2.98. The zero-order chi connectivity index (χ0) is 14.8. The fourth-order valence-electron chi connectivity index (χ4n) is 1.95. The van der Waals surface area contributed by atoms with E-state index in [2.05, 4.69) is 5.32 Å². The van der Waals surface area contributed by atoms with Crippen molar-refractivity contribution in [3.63, 3.8) is 0 Å². The molecule has 1 aromatic carbocycles. The van der Waals surface area contributed by atoms with Crippen LogP contribution in [0.2, 0.25) is 0 Å². The highest BCUT2D eigenvalue weighted by Gasteiger charge is 2.12. The molecule has 0 aromatic heterocycles. The van der Waals surface area contributed by atoms with Gasteiger partial charge < -0.3 is 24.3 Å². The van der Waals surface area contributed by atoms with Crippen molar-refractivity contribution in [2.24, 2.45) is 0 Å². The highest BCUT2D eigenvalue weighted by atomic mass is 16.5. The predicted octanol–water partition coefficient (Wildman–Crippen LogP) is 2.17. The molecule has 0 bridgehead atoms. The minimum Gasteiger partial charge on any atom is -0.493 e. The highest BCUT2D eigenvalue weighted by molar-refractivity contribution is 5.53. The van der Waals surface area contributed by atoms with Crippen LogP contribution in [0.3, 0.4) is 0 Å². The summed E-state index contributed by atoms with van der Waals surface area (Å²) in [6, 6.07) is 3.86. The van der Waals surface area contributed by atoms with Crippen molar-refractivity contribution in [2.75, 3.05) is 27.9 Å². The van der Waals surface area contributed by atoms with E-state index in [1.54, 1.807) is 21.3 Å². The second-order valence-corrected chi connectivity index (χ2v) is 4.37. The largest absolute Gasteiger partial charge is 0.493 e. The van der Waals surface area contributed by atoms with E-state index in [0.29, 0.717) is 23.7 Å². The number of benzene rings is 1. The maximum atomic E-state index is 10.2. The summed E-state index contributed by atoms with van der Waals surface area (Å²) in [4.78, 5) is 10.2. The molecule has 0 unspecified atom stereocenters. The first-order valence-corrected chi connectivity index (χ1v) is 6.70. The highest BCUT2D eigenvalue weighted by Crippen LogP contribution is 2.38. The van der Waals surface area contributed by atoms with Gasteiger partial charge in [-0.2, -0.15) is 0 Å². The number of methoxy groups -OCH3 is 3. The molecule has 1 N–H and O–H groups in total. The molecule has 0 heterocycles. The Balaban J connectivity index is 2.59. The Bertz CT molecular complexity index is 395. The van der Waals surface area contributed by atoms with Crippen molar-refractivity contribution < 1.29 is 19.0 Å². The quantitative estimate of drug-likeness (QED) is 0.526. The topological polar surface area (TPSA) is 56.8 Å². The van der Waals surface area contributed by atoms with Crippen molar-refractivity contribution >= 4 is 6.29 Å². The van der Waals surface area contributed by atoms with Gasteiger partial charge in [-0.25, -0.2) is 0 Å². The van der Waals surface area contributed by atoms with E-state index in [4.69, 9.17) is 14.2 Å². The second-order valence-electron chi connectivity index (χ2n) is 4.37. The Kier molecular flexibility index (Phi) is 7.50. The van der Waals surface area contributed by atoms with Crippen LogP contribution in [0, 0.1) is 0 Å². The maximum absolute atomic E-state index is 10.2. The summed E-state index contributed by atoms with van der Waals surface area (Å²) < 4.78 is 15.9. The number of aldehydes is 1. The van der Waals surface area contributed by atoms with Crippen molar-refractivity contribution in [1.29, 1.82) is 0 Å². The first kappa shape index (κ1) is 16.3. The molecule has 5 heteroatoms. The molecule has 20 heavy (non-hydrogen) atoms. The molecule has 0 radical (unpaired) electrons. The molecule has 0 atom stereocenters. The number of hydrogen-bond donors (Lipinski definition) is 1. The monoisotopic (exact) mass is 281 g/mol. The van der Waals surface area contributed by atoms with Gasteiger partial charge in [0.1, 0.15) is 6.29 Å². The smallest absolute Gasteiger partial charge is 0.203 e. The van der Waals surface area contributed by atoms with Crippen LogP contribution in [0.5, 0.6) is 17.2 Å². The summed E-state index contributed by atoms with van der Waals surface area (Å²) >= 11 is 0. The third kappa shape index (κ3) is 4.74. The fraction of sp³-hybridized carbons (Fsp3) is 0.533. The lowest BCUT2D eigenvalue weighted by Crippen LogP contribution is -2.15. The van der Waals surface area contributed by atoms with Crippen LogP contribution in [-0.4, -0.2) is 34.2 Å². The summed E-state index contributed by atoms with van der Waals surface area (Å²) in [5, 5.41) is 3.33. The molecule has 0 aliphatic heterocycles. The van der Waals surface area contributed by atoms with E-state index in [0.717, 1.165) is 37.8 Å². The SMILES string of the molecule is COc1cc(CNCCCCC=O)cc(OC)c1OC. The van der Waals surface area contributed by atoms with E-state index in [1.807, 2.05) is 12.1 Å². The number of carbonyl (C=O) groups is 1. The van der Waals surface area contributed by atoms with Crippen molar-refractivity contribution in [2.45, 2.75) is 25.8 Å². The minimum atomic E-state index is 0.602. The normalized spacial score (nSPS) is 10.2. The van der Waals surface area contributed by atoms with E-state index in [9.17, 15) is 4.79 Å². The molecular weight excluding hydrogens is 258 g/mol. The van der Waals surface area contributed by atoms with Gasteiger partial charge in [-0.1, -0.05) is 0 Å². The Labute approximate surface area is 120 Å². The van der Waals surface area contributed by atoms with Crippen LogP contribution in [-0.2, 0) is 11.3 Å². The zero-order valence-corrected chi connectivity index (χ0v) is 12.4. The Hall–Kier alpha value is -1.75. The molecule has 0 aliphatic carbocycles. The van der Waals surface area contributed by atoms with Gasteiger partial charge in [0.2, 0.25) is 5.75 Å². The van der Waals surface area contributed by atoms with E-state index in [-0.39, 0.29) is 0 Å². The van der Waals surface area contributed by atoms with Crippen LogP contribution in [0.25, 0.3) is 0 Å². The summed E-state index contributed by atoms with van der Waals surface area (Å²) in [5.41, 5.74) is 1.06. The van der Waals surface area contributed by atoms with Crippen molar-refractivity contribution in [1.82, 2.24) is 5.32 Å². The van der Waals surface area contributed by atoms with E-state index in [1.165, 1.54) is 0 Å². The average molecular weight is 281 g/mol. The van der Waals surface area contributed by atoms with Crippen LogP contribution in [0.15, 0.2) is 12.1 Å². The molecule has 0 saturated carbocycles. The first-order valence-electron chi connectivity index (χ1n) is 6.70. The molecule has 0 spiro atoms. The molecule has 0 aliphatic rings. The van der Waals surface area contributed by atoms with Gasteiger partial charge >= 0.3 is 0 Å². The Morgan fingerprint density at radius 3 is 2.20 bits per heavy atom. The number of rotatable bonds is 10. The zero-order valence-electron chi connectivity index (χ0n) is 12.4. The van der Waals surface area contributed by atoms with Gasteiger partial charge in [0.25, 0.3) is 0 Å². The lowest BCUT2D eigenvalue weighted by molar-refractivity contribution is -0.107. The van der Waals surface area contributed by atoms with Crippen LogP contribution in [0.1, 0.15) is 24.8 Å². The molecule has 5 nitrogen and oxygen atoms in total. The second kappa shape index (κ2) is 9.20. The molecular formula is C15H23NO4. The number of nitrogens with one attached hydrogen (secondary N) is 1. The minimum absolute atomic E-state index is 0.602. The molecule has 1 aromatic rings. The molecule has 112 valence electrons. The third-order valence-corrected chi connectivity index (χ3v) is 2.98. The lowest BCUT2D eigenvalue weighted by atomic mass is 10.1. The summed E-state index contributed by atoms with van der Waals surface area (Å²) in [5.74, 6) is 1.92. The lowest BCUT2D eigenvalue weighted by Gasteiger charge is -2.14. The first-order chi connectivity index (χ1) is 9.76. The molecule has 0 fully saturated rings. The standard InChI is InChI=1S/C15H23NO4/c1-18-13-9-12(10-14(19-2)15(13)20-3)11-16-7-5-4-6-8-17/h8-10,16H,4-7,11H2,1-3H3. The van der Waals surface area contributed by atoms with Crippen molar-refractivity contribution in [3.05, 3.63) is 17.7 Å². The predicted molar refractivity (Wildman–Crippen MR) is 77.7 cm³/mol. The van der Waals surface area contributed by atoms with Gasteiger partial charge in [0.05, 0.1) is 21.3 Å². The molecule has 1 rings (SSSR count). The van der Waals surface area contributed by atoms with Gasteiger partial charge in [-0.3, -0.25) is 0 Å².